The van der Waals surface area contributed by atoms with Crippen LogP contribution in [-0.2, 0) is 4.79 Å². The summed E-state index contributed by atoms with van der Waals surface area (Å²) in [6, 6.07) is 2.49. The van der Waals surface area contributed by atoms with E-state index >= 15 is 0 Å². The van der Waals surface area contributed by atoms with Crippen LogP contribution < -0.4 is 20.9 Å². The van der Waals surface area contributed by atoms with Crippen molar-refractivity contribution in [3.05, 3.63) is 23.8 Å². The summed E-state index contributed by atoms with van der Waals surface area (Å²) in [5.74, 6) is 1.90. The van der Waals surface area contributed by atoms with E-state index in [-0.39, 0.29) is 24.5 Å². The molecule has 0 spiro atoms. The van der Waals surface area contributed by atoms with Crippen molar-refractivity contribution in [1.29, 1.82) is 5.26 Å². The third-order valence-corrected chi connectivity index (χ3v) is 4.67. The first-order valence-corrected chi connectivity index (χ1v) is 10.1. The van der Waals surface area contributed by atoms with E-state index in [0.717, 1.165) is 24.4 Å². The number of anilines is 4. The number of rotatable bonds is 4. The molecule has 0 aromatic carbocycles. The molecule has 4 rings (SSSR count). The molecular formula is C20H27N9O. The fourth-order valence-corrected chi connectivity index (χ4v) is 3.22. The van der Waals surface area contributed by atoms with Crippen molar-refractivity contribution in [2.45, 2.75) is 52.1 Å². The highest BCUT2D eigenvalue weighted by molar-refractivity contribution is 6.00. The third kappa shape index (κ3) is 4.92. The molecule has 0 atom stereocenters. The highest BCUT2D eigenvalue weighted by atomic mass is 16.2. The van der Waals surface area contributed by atoms with Gasteiger partial charge in [-0.15, -0.1) is 0 Å². The number of hydrogen-bond acceptors (Lipinski definition) is 9. The van der Waals surface area contributed by atoms with Crippen LogP contribution in [0, 0.1) is 18.3 Å². The number of nitriles is 1. The lowest BCUT2D eigenvalue weighted by molar-refractivity contribution is -0.115. The van der Waals surface area contributed by atoms with Crippen molar-refractivity contribution in [3.8, 4) is 6.07 Å². The number of carbonyl (C=O) groups excluding carboxylic acids is 1. The van der Waals surface area contributed by atoms with Crippen molar-refractivity contribution < 1.29 is 4.79 Å². The number of nitrogens with zero attached hydrogens (tertiary/aromatic N) is 6. The standard InChI is InChI=1S/C17H19N9O.C3H8/c1-9-15-16(26(2)8-14(27)24-15)25-17(21-9)23-11-3-10(4-11)22-13-7-19-12(5-18)6-20-13;1-3-2/h6-7,10-11H,3-4,8H2,1-2H3,(H,20,22)(H,24,27)(H,21,23,25);3H2,1-2H3. The monoisotopic (exact) mass is 409 g/mol. The quantitative estimate of drug-likeness (QED) is 0.696. The van der Waals surface area contributed by atoms with Gasteiger partial charge in [-0.1, -0.05) is 20.3 Å². The lowest BCUT2D eigenvalue weighted by Gasteiger charge is -2.37. The van der Waals surface area contributed by atoms with Crippen LogP contribution in [0.1, 0.15) is 44.5 Å². The summed E-state index contributed by atoms with van der Waals surface area (Å²) in [5, 5.41) is 18.2. The molecule has 1 aliphatic carbocycles. The Morgan fingerprint density at radius 3 is 2.53 bits per heavy atom. The molecule has 10 nitrogen and oxygen atoms in total. The maximum atomic E-state index is 11.7. The third-order valence-electron chi connectivity index (χ3n) is 4.67. The van der Waals surface area contributed by atoms with Gasteiger partial charge in [0.05, 0.1) is 24.6 Å². The lowest BCUT2D eigenvalue weighted by atomic mass is 9.87. The van der Waals surface area contributed by atoms with Crippen LogP contribution >= 0.6 is 0 Å². The van der Waals surface area contributed by atoms with Gasteiger partial charge in [0.1, 0.15) is 17.6 Å². The molecule has 1 aliphatic heterocycles. The van der Waals surface area contributed by atoms with Gasteiger partial charge in [0.25, 0.3) is 0 Å². The predicted octanol–water partition coefficient (Wildman–Crippen LogP) is 2.31. The first kappa shape index (κ1) is 21.2. The van der Waals surface area contributed by atoms with Gasteiger partial charge in [-0.25, -0.2) is 15.0 Å². The smallest absolute Gasteiger partial charge is 0.244 e. The lowest BCUT2D eigenvalue weighted by Crippen LogP contribution is -2.44. The molecule has 3 heterocycles. The average molecular weight is 409 g/mol. The molecule has 1 amide bonds. The number of fused-ring (bicyclic) bond motifs is 1. The highest BCUT2D eigenvalue weighted by Gasteiger charge is 2.31. The second-order valence-electron chi connectivity index (χ2n) is 7.50. The molecular weight excluding hydrogens is 382 g/mol. The molecule has 0 saturated heterocycles. The van der Waals surface area contributed by atoms with Gasteiger partial charge in [0, 0.05) is 19.1 Å². The van der Waals surface area contributed by atoms with E-state index in [2.05, 4.69) is 49.7 Å². The van der Waals surface area contributed by atoms with Crippen molar-refractivity contribution in [2.75, 3.05) is 34.4 Å². The van der Waals surface area contributed by atoms with Gasteiger partial charge in [-0.3, -0.25) is 4.79 Å². The van der Waals surface area contributed by atoms with Gasteiger partial charge >= 0.3 is 0 Å². The van der Waals surface area contributed by atoms with Gasteiger partial charge < -0.3 is 20.9 Å². The highest BCUT2D eigenvalue weighted by Crippen LogP contribution is 2.31. The average Bonchev–Trinajstić information content (AvgIpc) is 2.68. The van der Waals surface area contributed by atoms with Crippen LogP contribution in [0.3, 0.4) is 0 Å². The summed E-state index contributed by atoms with van der Waals surface area (Å²) >= 11 is 0. The minimum atomic E-state index is -0.0591. The zero-order valence-corrected chi connectivity index (χ0v) is 17.7. The van der Waals surface area contributed by atoms with E-state index < -0.39 is 0 Å². The van der Waals surface area contributed by atoms with E-state index in [4.69, 9.17) is 5.26 Å². The molecule has 2 aromatic rings. The van der Waals surface area contributed by atoms with E-state index in [0.29, 0.717) is 23.1 Å². The SMILES string of the molecule is CCC.Cc1nc(NC2CC(Nc3cnc(C#N)cn3)C2)nc2c1NC(=O)CN2C. The summed E-state index contributed by atoms with van der Waals surface area (Å²) in [6.45, 7) is 6.39. The molecule has 3 N–H and O–H groups in total. The van der Waals surface area contributed by atoms with Gasteiger partial charge in [0.15, 0.2) is 11.5 Å². The summed E-state index contributed by atoms with van der Waals surface area (Å²) in [6.07, 6.45) is 6.07. The predicted molar refractivity (Wildman–Crippen MR) is 115 cm³/mol. The molecule has 2 aromatic heterocycles. The number of hydrogen-bond donors (Lipinski definition) is 3. The number of aromatic nitrogens is 4. The normalized spacial score (nSPS) is 19.3. The summed E-state index contributed by atoms with van der Waals surface area (Å²) in [4.78, 5) is 30.7. The Labute approximate surface area is 176 Å². The van der Waals surface area contributed by atoms with Gasteiger partial charge in [0.2, 0.25) is 11.9 Å². The number of carbonyl (C=O) groups is 1. The molecule has 1 saturated carbocycles. The zero-order valence-electron chi connectivity index (χ0n) is 17.7. The number of nitrogens with one attached hydrogen (secondary N) is 3. The van der Waals surface area contributed by atoms with E-state index in [1.54, 1.807) is 6.20 Å². The maximum absolute atomic E-state index is 11.7. The second kappa shape index (κ2) is 9.35. The zero-order chi connectivity index (χ0) is 21.7. The minimum absolute atomic E-state index is 0.0591. The Kier molecular flexibility index (Phi) is 6.61. The number of aryl methyl sites for hydroxylation is 1. The molecule has 10 heteroatoms. The van der Waals surface area contributed by atoms with Crippen LogP contribution in [0.25, 0.3) is 0 Å². The molecule has 158 valence electrons. The Hall–Kier alpha value is -3.48. The molecule has 0 radical (unpaired) electrons. The topological polar surface area (TPSA) is 132 Å². The molecule has 0 bridgehead atoms. The van der Waals surface area contributed by atoms with Crippen LogP contribution in [0.4, 0.5) is 23.3 Å². The Balaban J connectivity index is 0.000000806. The van der Waals surface area contributed by atoms with Gasteiger partial charge in [-0.2, -0.15) is 10.2 Å². The number of likely N-dealkylation sites (N-methyl/N-ethyl adjacent to an activating group) is 1. The summed E-state index contributed by atoms with van der Waals surface area (Å²) < 4.78 is 0. The first-order valence-electron chi connectivity index (χ1n) is 10.1. The van der Waals surface area contributed by atoms with Crippen LogP contribution in [0.2, 0.25) is 0 Å². The van der Waals surface area contributed by atoms with Crippen LogP contribution in [0.5, 0.6) is 0 Å². The van der Waals surface area contributed by atoms with E-state index in [1.165, 1.54) is 12.6 Å². The maximum Gasteiger partial charge on any atom is 0.244 e. The molecule has 30 heavy (non-hydrogen) atoms. The summed E-state index contributed by atoms with van der Waals surface area (Å²) in [5.41, 5.74) is 1.71. The first-order chi connectivity index (χ1) is 14.4. The Bertz CT molecular complexity index is 933. The van der Waals surface area contributed by atoms with Crippen molar-refractivity contribution in [1.82, 2.24) is 19.9 Å². The Morgan fingerprint density at radius 1 is 1.20 bits per heavy atom. The molecule has 0 unspecified atom stereocenters. The molecule has 2 aliphatic rings. The Morgan fingerprint density at radius 2 is 1.90 bits per heavy atom. The second-order valence-corrected chi connectivity index (χ2v) is 7.50. The fraction of sp³-hybridized carbons (Fsp3) is 0.500. The molecule has 1 fully saturated rings. The van der Waals surface area contributed by atoms with Crippen LogP contribution in [0.15, 0.2) is 12.4 Å². The van der Waals surface area contributed by atoms with Gasteiger partial charge in [-0.05, 0) is 19.8 Å². The summed E-state index contributed by atoms with van der Waals surface area (Å²) in [7, 11) is 1.84. The number of amides is 1. The van der Waals surface area contributed by atoms with E-state index in [9.17, 15) is 4.79 Å². The largest absolute Gasteiger partial charge is 0.366 e. The van der Waals surface area contributed by atoms with E-state index in [1.807, 2.05) is 24.9 Å². The van der Waals surface area contributed by atoms with Crippen molar-refractivity contribution >= 4 is 29.2 Å². The van der Waals surface area contributed by atoms with Crippen molar-refractivity contribution in [3.63, 3.8) is 0 Å². The van der Waals surface area contributed by atoms with Crippen molar-refractivity contribution in [2.24, 2.45) is 0 Å². The van der Waals surface area contributed by atoms with Crippen LogP contribution in [-0.4, -0.2) is 51.5 Å². The fourth-order valence-electron chi connectivity index (χ4n) is 3.22. The minimum Gasteiger partial charge on any atom is -0.366 e.